The number of carboxylic acids is 1. The van der Waals surface area contributed by atoms with Crippen molar-refractivity contribution in [2.24, 2.45) is 11.1 Å². The number of Topliss-reactive ketones (excluding diaryl/α,β-unsaturated/α-hetero) is 1. The van der Waals surface area contributed by atoms with Crippen LogP contribution >= 0.6 is 11.6 Å². The fourth-order valence-corrected chi connectivity index (χ4v) is 3.53. The van der Waals surface area contributed by atoms with Crippen molar-refractivity contribution in [3.8, 4) is 0 Å². The molecule has 0 bridgehead atoms. The molecule has 0 saturated carbocycles. The van der Waals surface area contributed by atoms with E-state index in [0.717, 1.165) is 4.31 Å². The largest absolute Gasteiger partial charge is 0.477 e. The second kappa shape index (κ2) is 8.41. The van der Waals surface area contributed by atoms with Crippen molar-refractivity contribution >= 4 is 39.1 Å². The summed E-state index contributed by atoms with van der Waals surface area (Å²) in [5.41, 5.74) is 0.0593. The maximum absolute atomic E-state index is 12.2. The van der Waals surface area contributed by atoms with Crippen molar-refractivity contribution in [1.29, 1.82) is 0 Å². The highest BCUT2D eigenvalue weighted by Crippen LogP contribution is 2.26. The first-order valence-electron chi connectivity index (χ1n) is 7.08. The van der Waals surface area contributed by atoms with Crippen LogP contribution < -0.4 is 0 Å². The Morgan fingerprint density at radius 3 is 2.36 bits per heavy atom. The first kappa shape index (κ1) is 21.1. The minimum Gasteiger partial charge on any atom is -0.477 e. The standard InChI is InChI=1S/C15H19ClN2O6S/c1-9(19)11(14(15(20)21)17-24-4)7-10-5-6-13(12(16)8-10)25(22,23)18(2)3/h5-6,8,11H,7H2,1-4H3,(H,20,21)/b17-14-. The summed E-state index contributed by atoms with van der Waals surface area (Å²) in [6.45, 7) is 1.24. The van der Waals surface area contributed by atoms with Crippen LogP contribution in [0.15, 0.2) is 28.3 Å². The molecule has 8 nitrogen and oxygen atoms in total. The third-order valence-electron chi connectivity index (χ3n) is 3.42. The average Bonchev–Trinajstić information content (AvgIpc) is 2.49. The maximum atomic E-state index is 12.2. The highest BCUT2D eigenvalue weighted by molar-refractivity contribution is 7.89. The molecule has 138 valence electrons. The van der Waals surface area contributed by atoms with Gasteiger partial charge in [-0.1, -0.05) is 22.8 Å². The van der Waals surface area contributed by atoms with E-state index in [1.807, 2.05) is 0 Å². The molecule has 1 unspecified atom stereocenters. The number of oxime groups is 1. The number of ketones is 1. The first-order valence-corrected chi connectivity index (χ1v) is 8.89. The van der Waals surface area contributed by atoms with E-state index in [9.17, 15) is 23.1 Å². The Morgan fingerprint density at radius 2 is 1.96 bits per heavy atom. The summed E-state index contributed by atoms with van der Waals surface area (Å²) in [4.78, 5) is 27.5. The van der Waals surface area contributed by atoms with Gasteiger partial charge in [-0.3, -0.25) is 4.79 Å². The second-order valence-corrected chi connectivity index (χ2v) is 7.91. The molecule has 0 saturated heterocycles. The summed E-state index contributed by atoms with van der Waals surface area (Å²) < 4.78 is 25.3. The number of benzene rings is 1. The summed E-state index contributed by atoms with van der Waals surface area (Å²) in [7, 11) is 0.229. The number of rotatable bonds is 8. The lowest BCUT2D eigenvalue weighted by atomic mass is 9.91. The fourth-order valence-electron chi connectivity index (χ4n) is 2.10. The van der Waals surface area contributed by atoms with E-state index < -0.39 is 33.4 Å². The average molecular weight is 391 g/mol. The lowest BCUT2D eigenvalue weighted by Crippen LogP contribution is -2.31. The molecule has 1 N–H and O–H groups in total. The van der Waals surface area contributed by atoms with E-state index in [0.29, 0.717) is 5.56 Å². The van der Waals surface area contributed by atoms with E-state index in [4.69, 9.17) is 11.6 Å². The fraction of sp³-hybridized carbons (Fsp3) is 0.400. The van der Waals surface area contributed by atoms with Crippen LogP contribution in [0.5, 0.6) is 0 Å². The van der Waals surface area contributed by atoms with Crippen molar-refractivity contribution in [2.75, 3.05) is 21.2 Å². The van der Waals surface area contributed by atoms with Crippen LogP contribution in [-0.4, -0.2) is 56.5 Å². The third-order valence-corrected chi connectivity index (χ3v) is 5.72. The molecule has 0 aliphatic carbocycles. The Balaban J connectivity index is 3.25. The highest BCUT2D eigenvalue weighted by Gasteiger charge is 2.29. The predicted octanol–water partition coefficient (Wildman–Crippen LogP) is 1.43. The molecule has 1 rings (SSSR count). The molecule has 0 radical (unpaired) electrons. The van der Waals surface area contributed by atoms with E-state index in [2.05, 4.69) is 9.99 Å². The topological polar surface area (TPSA) is 113 Å². The molecular formula is C15H19ClN2O6S. The summed E-state index contributed by atoms with van der Waals surface area (Å²) in [6, 6.07) is 4.18. The number of carboxylic acid groups (broad SMARTS) is 1. The van der Waals surface area contributed by atoms with Crippen LogP contribution in [-0.2, 0) is 30.9 Å². The van der Waals surface area contributed by atoms with Crippen LogP contribution in [0.4, 0.5) is 0 Å². The van der Waals surface area contributed by atoms with Gasteiger partial charge in [0.1, 0.15) is 17.8 Å². The van der Waals surface area contributed by atoms with Gasteiger partial charge in [-0.05, 0) is 31.0 Å². The summed E-state index contributed by atoms with van der Waals surface area (Å²) in [6.07, 6.45) is -0.00810. The normalized spacial score (nSPS) is 13.6. The quantitative estimate of drug-likeness (QED) is 0.530. The van der Waals surface area contributed by atoms with Gasteiger partial charge in [0.25, 0.3) is 0 Å². The first-order chi connectivity index (χ1) is 11.5. The molecule has 0 aliphatic heterocycles. The molecule has 0 heterocycles. The van der Waals surface area contributed by atoms with Gasteiger partial charge in [0.05, 0.1) is 10.9 Å². The Hall–Kier alpha value is -1.97. The minimum absolute atomic E-state index is 0.00810. The molecule has 25 heavy (non-hydrogen) atoms. The van der Waals surface area contributed by atoms with E-state index in [-0.39, 0.29) is 16.3 Å². The van der Waals surface area contributed by atoms with Crippen molar-refractivity contribution in [2.45, 2.75) is 18.2 Å². The van der Waals surface area contributed by atoms with E-state index >= 15 is 0 Å². The molecule has 0 aromatic heterocycles. The number of carbonyl (C=O) groups excluding carboxylic acids is 1. The number of sulfonamides is 1. The van der Waals surface area contributed by atoms with Crippen molar-refractivity contribution in [3.63, 3.8) is 0 Å². The zero-order valence-corrected chi connectivity index (χ0v) is 15.8. The zero-order chi connectivity index (χ0) is 19.4. The Morgan fingerprint density at radius 1 is 1.36 bits per heavy atom. The number of aliphatic carboxylic acids is 1. The molecule has 0 aliphatic rings. The molecule has 1 atom stereocenters. The number of hydrogen-bond donors (Lipinski definition) is 1. The van der Waals surface area contributed by atoms with Gasteiger partial charge >= 0.3 is 5.97 Å². The highest BCUT2D eigenvalue weighted by atomic mass is 35.5. The Kier molecular flexibility index (Phi) is 7.09. The maximum Gasteiger partial charge on any atom is 0.354 e. The van der Waals surface area contributed by atoms with Gasteiger partial charge in [0.15, 0.2) is 5.71 Å². The van der Waals surface area contributed by atoms with Crippen LogP contribution in [0.2, 0.25) is 5.02 Å². The van der Waals surface area contributed by atoms with Crippen LogP contribution in [0.1, 0.15) is 12.5 Å². The van der Waals surface area contributed by atoms with Crippen LogP contribution in [0.3, 0.4) is 0 Å². The van der Waals surface area contributed by atoms with Crippen LogP contribution in [0, 0.1) is 5.92 Å². The zero-order valence-electron chi connectivity index (χ0n) is 14.2. The SMILES string of the molecule is CO/N=C(\C(=O)O)C(Cc1ccc(S(=O)(=O)N(C)C)c(Cl)c1)C(C)=O. The third kappa shape index (κ3) is 5.00. The number of hydrogen-bond acceptors (Lipinski definition) is 6. The molecular weight excluding hydrogens is 372 g/mol. The van der Waals surface area contributed by atoms with E-state index in [1.54, 1.807) is 0 Å². The molecule has 10 heteroatoms. The van der Waals surface area contributed by atoms with Crippen molar-refractivity contribution < 1.29 is 28.0 Å². The predicted molar refractivity (Wildman–Crippen MR) is 92.3 cm³/mol. The molecule has 0 spiro atoms. The number of halogens is 1. The summed E-state index contributed by atoms with van der Waals surface area (Å²) >= 11 is 6.06. The van der Waals surface area contributed by atoms with Gasteiger partial charge in [0, 0.05) is 14.1 Å². The molecule has 0 fully saturated rings. The number of nitrogens with zero attached hydrogens (tertiary/aromatic N) is 2. The number of carbonyl (C=O) groups is 2. The van der Waals surface area contributed by atoms with Gasteiger partial charge in [-0.25, -0.2) is 17.5 Å². The molecule has 0 amide bonds. The van der Waals surface area contributed by atoms with Crippen LogP contribution in [0.25, 0.3) is 0 Å². The molecule has 1 aromatic carbocycles. The smallest absolute Gasteiger partial charge is 0.354 e. The Bertz CT molecular complexity index is 804. The second-order valence-electron chi connectivity index (χ2n) is 5.38. The lowest BCUT2D eigenvalue weighted by Gasteiger charge is -2.16. The summed E-state index contributed by atoms with van der Waals surface area (Å²) in [5, 5.41) is 12.6. The Labute approximate surface area is 151 Å². The minimum atomic E-state index is -3.71. The van der Waals surface area contributed by atoms with Crippen molar-refractivity contribution in [1.82, 2.24) is 4.31 Å². The van der Waals surface area contributed by atoms with E-state index in [1.165, 1.54) is 46.3 Å². The van der Waals surface area contributed by atoms with Crippen molar-refractivity contribution in [3.05, 3.63) is 28.8 Å². The lowest BCUT2D eigenvalue weighted by molar-refractivity contribution is -0.131. The summed E-state index contributed by atoms with van der Waals surface area (Å²) in [5.74, 6) is -2.84. The van der Waals surface area contributed by atoms with Gasteiger partial charge in [0.2, 0.25) is 10.0 Å². The molecule has 1 aromatic rings. The van der Waals surface area contributed by atoms with Gasteiger partial charge in [-0.2, -0.15) is 0 Å². The monoisotopic (exact) mass is 390 g/mol. The van der Waals surface area contributed by atoms with Gasteiger partial charge < -0.3 is 9.94 Å². The van der Waals surface area contributed by atoms with Gasteiger partial charge in [-0.15, -0.1) is 0 Å².